The Hall–Kier alpha value is -3.93. The largest absolute Gasteiger partial charge is 0.484 e. The lowest BCUT2D eigenvalue weighted by Crippen LogP contribution is -2.35. The molecular formula is C23H23F3N4O5. The van der Waals surface area contributed by atoms with Gasteiger partial charge in [0.25, 0.3) is 5.91 Å². The molecule has 2 aromatic rings. The van der Waals surface area contributed by atoms with Crippen molar-refractivity contribution >= 4 is 29.6 Å². The third-order valence-corrected chi connectivity index (χ3v) is 4.83. The van der Waals surface area contributed by atoms with Crippen LogP contribution in [0.2, 0.25) is 0 Å². The Morgan fingerprint density at radius 2 is 1.89 bits per heavy atom. The first kappa shape index (κ1) is 25.7. The number of ether oxygens (including phenoxy) is 2. The summed E-state index contributed by atoms with van der Waals surface area (Å²) in [5.74, 6) is -2.16. The van der Waals surface area contributed by atoms with Crippen LogP contribution >= 0.6 is 0 Å². The van der Waals surface area contributed by atoms with E-state index in [1.807, 2.05) is 5.43 Å². The van der Waals surface area contributed by atoms with Crippen molar-refractivity contribution in [1.82, 2.24) is 10.7 Å². The minimum Gasteiger partial charge on any atom is -0.484 e. The molecule has 3 N–H and O–H groups in total. The zero-order chi connectivity index (χ0) is 25.3. The zero-order valence-corrected chi connectivity index (χ0v) is 18.4. The molecule has 1 aliphatic heterocycles. The van der Waals surface area contributed by atoms with E-state index in [-0.39, 0.29) is 24.3 Å². The van der Waals surface area contributed by atoms with Crippen molar-refractivity contribution in [3.8, 4) is 5.75 Å². The fourth-order valence-corrected chi connectivity index (χ4v) is 3.06. The summed E-state index contributed by atoms with van der Waals surface area (Å²) in [5.41, 5.74) is 1.41. The number of hydrazone groups is 1. The summed E-state index contributed by atoms with van der Waals surface area (Å²) in [6, 6.07) is 10.3. The number of hydrogen-bond acceptors (Lipinski definition) is 6. The van der Waals surface area contributed by atoms with E-state index in [9.17, 15) is 27.6 Å². The summed E-state index contributed by atoms with van der Waals surface area (Å²) < 4.78 is 49.1. The lowest BCUT2D eigenvalue weighted by Gasteiger charge is -2.11. The maximum Gasteiger partial charge on any atom is 0.416 e. The van der Waals surface area contributed by atoms with Gasteiger partial charge in [0, 0.05) is 18.8 Å². The van der Waals surface area contributed by atoms with Crippen molar-refractivity contribution in [2.75, 3.05) is 25.1 Å². The smallest absolute Gasteiger partial charge is 0.416 e. The van der Waals surface area contributed by atoms with Gasteiger partial charge in [-0.1, -0.05) is 6.07 Å². The molecule has 0 bridgehead atoms. The molecule has 1 heterocycles. The molecule has 1 aliphatic rings. The maximum absolute atomic E-state index is 12.7. The van der Waals surface area contributed by atoms with Crippen molar-refractivity contribution in [1.29, 1.82) is 0 Å². The van der Waals surface area contributed by atoms with E-state index >= 15 is 0 Å². The van der Waals surface area contributed by atoms with E-state index in [1.54, 1.807) is 24.3 Å². The summed E-state index contributed by atoms with van der Waals surface area (Å²) >= 11 is 0. The summed E-state index contributed by atoms with van der Waals surface area (Å²) in [6.07, 6.45) is -1.36. The van der Waals surface area contributed by atoms with Gasteiger partial charge in [-0.15, -0.1) is 0 Å². The molecule has 0 aromatic heterocycles. The third kappa shape index (κ3) is 8.41. The van der Waals surface area contributed by atoms with Gasteiger partial charge in [-0.2, -0.15) is 18.3 Å². The van der Waals surface area contributed by atoms with Crippen LogP contribution in [0.15, 0.2) is 53.6 Å². The molecule has 1 fully saturated rings. The number of carbonyl (C=O) groups is 3. The fourth-order valence-electron chi connectivity index (χ4n) is 3.06. The Kier molecular flexibility index (Phi) is 8.79. The van der Waals surface area contributed by atoms with Gasteiger partial charge < -0.3 is 20.1 Å². The Bertz CT molecular complexity index is 1070. The van der Waals surface area contributed by atoms with Crippen molar-refractivity contribution in [3.63, 3.8) is 0 Å². The van der Waals surface area contributed by atoms with Gasteiger partial charge in [0.15, 0.2) is 6.61 Å². The van der Waals surface area contributed by atoms with Crippen LogP contribution in [0.25, 0.3) is 0 Å². The number of hydrogen-bond donors (Lipinski definition) is 3. The summed E-state index contributed by atoms with van der Waals surface area (Å²) in [5, 5.41) is 8.47. The van der Waals surface area contributed by atoms with Crippen LogP contribution in [0.4, 0.5) is 18.9 Å². The molecule has 3 rings (SSSR count). The quantitative estimate of drug-likeness (QED) is 0.297. The standard InChI is InChI=1S/C23H23F3N4O5/c24-23(25,26)16-3-1-4-17(11-16)29-21(32)22(33)30-28-12-15-6-8-18(9-7-15)35-14-20(31)27-13-19-5-2-10-34-19/h1,3-4,6-9,11-12,19H,2,5,10,13-14H2,(H,27,31)(H,29,32)(H,30,33)/b28-12-/t19-/m0/s1. The van der Waals surface area contributed by atoms with Crippen LogP contribution in [-0.2, 0) is 25.3 Å². The minimum absolute atomic E-state index is 0.0460. The number of carbonyl (C=O) groups excluding carboxylic acids is 3. The zero-order valence-electron chi connectivity index (χ0n) is 18.4. The van der Waals surface area contributed by atoms with Gasteiger partial charge in [-0.3, -0.25) is 14.4 Å². The Morgan fingerprint density at radius 3 is 2.57 bits per heavy atom. The van der Waals surface area contributed by atoms with Crippen molar-refractivity contribution < 1.29 is 37.0 Å². The van der Waals surface area contributed by atoms with Gasteiger partial charge in [-0.25, -0.2) is 5.43 Å². The molecule has 0 unspecified atom stereocenters. The number of nitrogens with zero attached hydrogens (tertiary/aromatic N) is 1. The van der Waals surface area contributed by atoms with Crippen LogP contribution in [0.1, 0.15) is 24.0 Å². The summed E-state index contributed by atoms with van der Waals surface area (Å²) in [7, 11) is 0. The van der Waals surface area contributed by atoms with Crippen molar-refractivity contribution in [2.45, 2.75) is 25.1 Å². The van der Waals surface area contributed by atoms with E-state index in [2.05, 4.69) is 15.7 Å². The predicted molar refractivity (Wildman–Crippen MR) is 120 cm³/mol. The summed E-state index contributed by atoms with van der Waals surface area (Å²) in [4.78, 5) is 35.5. The lowest BCUT2D eigenvalue weighted by atomic mass is 10.2. The van der Waals surface area contributed by atoms with Gasteiger partial charge in [0.05, 0.1) is 17.9 Å². The number of benzene rings is 2. The molecular weight excluding hydrogens is 469 g/mol. The SMILES string of the molecule is O=C(COc1ccc(/C=N\NC(=O)C(=O)Nc2cccc(C(F)(F)F)c2)cc1)NC[C@@H]1CCCO1. The van der Waals surface area contributed by atoms with Crippen LogP contribution in [0.3, 0.4) is 0 Å². The van der Waals surface area contributed by atoms with Crippen LogP contribution in [-0.4, -0.2) is 49.8 Å². The number of rotatable bonds is 8. The molecule has 0 spiro atoms. The van der Waals surface area contributed by atoms with E-state index in [1.165, 1.54) is 12.3 Å². The Labute approximate surface area is 198 Å². The third-order valence-electron chi connectivity index (χ3n) is 4.83. The van der Waals surface area contributed by atoms with Crippen LogP contribution < -0.4 is 20.8 Å². The first-order chi connectivity index (χ1) is 16.7. The maximum atomic E-state index is 12.7. The molecule has 12 heteroatoms. The molecule has 9 nitrogen and oxygen atoms in total. The molecule has 3 amide bonds. The number of amides is 3. The number of nitrogens with one attached hydrogen (secondary N) is 3. The normalized spacial score (nSPS) is 15.6. The van der Waals surface area contributed by atoms with Crippen molar-refractivity contribution in [3.05, 3.63) is 59.7 Å². The highest BCUT2D eigenvalue weighted by atomic mass is 19.4. The van der Waals surface area contributed by atoms with Crippen LogP contribution in [0.5, 0.6) is 5.75 Å². The van der Waals surface area contributed by atoms with E-state index in [4.69, 9.17) is 9.47 Å². The highest BCUT2D eigenvalue weighted by Gasteiger charge is 2.30. The topological polar surface area (TPSA) is 118 Å². The Morgan fingerprint density at radius 1 is 1.11 bits per heavy atom. The second-order valence-electron chi connectivity index (χ2n) is 7.53. The predicted octanol–water partition coefficient (Wildman–Crippen LogP) is 2.47. The fraction of sp³-hybridized carbons (Fsp3) is 0.304. The first-order valence-electron chi connectivity index (χ1n) is 10.6. The number of alkyl halides is 3. The second kappa shape index (κ2) is 12.0. The van der Waals surface area contributed by atoms with E-state index in [0.29, 0.717) is 30.5 Å². The minimum atomic E-state index is -4.58. The molecule has 0 radical (unpaired) electrons. The lowest BCUT2D eigenvalue weighted by molar-refractivity contribution is -0.137. The van der Waals surface area contributed by atoms with Gasteiger partial charge in [0.2, 0.25) is 0 Å². The molecule has 0 aliphatic carbocycles. The average molecular weight is 492 g/mol. The highest BCUT2D eigenvalue weighted by Crippen LogP contribution is 2.30. The van der Waals surface area contributed by atoms with Crippen molar-refractivity contribution in [2.24, 2.45) is 5.10 Å². The van der Waals surface area contributed by atoms with E-state index in [0.717, 1.165) is 25.0 Å². The molecule has 35 heavy (non-hydrogen) atoms. The highest BCUT2D eigenvalue weighted by molar-refractivity contribution is 6.39. The molecule has 186 valence electrons. The average Bonchev–Trinajstić information content (AvgIpc) is 3.35. The van der Waals surface area contributed by atoms with Gasteiger partial charge >= 0.3 is 18.0 Å². The molecule has 1 saturated heterocycles. The number of anilines is 1. The molecule has 0 saturated carbocycles. The van der Waals surface area contributed by atoms with Gasteiger partial charge in [0.1, 0.15) is 5.75 Å². The monoisotopic (exact) mass is 492 g/mol. The van der Waals surface area contributed by atoms with E-state index < -0.39 is 23.6 Å². The molecule has 1 atom stereocenters. The van der Waals surface area contributed by atoms with Gasteiger partial charge in [-0.05, 0) is 60.9 Å². The molecule has 2 aromatic carbocycles. The first-order valence-corrected chi connectivity index (χ1v) is 10.6. The Balaban J connectivity index is 1.40. The second-order valence-corrected chi connectivity index (χ2v) is 7.53. The number of halogens is 3. The van der Waals surface area contributed by atoms with Crippen LogP contribution in [0, 0.1) is 0 Å². The summed E-state index contributed by atoms with van der Waals surface area (Å²) in [6.45, 7) is 1.00.